The Hall–Kier alpha value is -2.62. The van der Waals surface area contributed by atoms with Crippen LogP contribution in [0.15, 0.2) is 77.7 Å². The predicted molar refractivity (Wildman–Crippen MR) is 155 cm³/mol. The van der Waals surface area contributed by atoms with Gasteiger partial charge in [-0.15, -0.1) is 0 Å². The third-order valence-corrected chi connectivity index (χ3v) is 8.75. The number of rotatable bonds is 11. The number of amides is 2. The predicted octanol–water partition coefficient (Wildman–Crippen LogP) is 5.43. The van der Waals surface area contributed by atoms with Crippen LogP contribution >= 0.6 is 34.8 Å². The normalized spacial score (nSPS) is 12.4. The fraction of sp³-hybridized carbons (Fsp3) is 0.286. The molecule has 0 spiro atoms. The summed E-state index contributed by atoms with van der Waals surface area (Å²) >= 11 is 18.8. The molecule has 7 nitrogen and oxygen atoms in total. The van der Waals surface area contributed by atoms with Crippen molar-refractivity contribution in [3.05, 3.63) is 99.0 Å². The van der Waals surface area contributed by atoms with E-state index in [0.29, 0.717) is 20.6 Å². The number of nitrogens with one attached hydrogen (secondary N) is 1. The van der Waals surface area contributed by atoms with E-state index in [4.69, 9.17) is 34.8 Å². The van der Waals surface area contributed by atoms with Gasteiger partial charge in [0.1, 0.15) is 6.04 Å². The first-order valence-corrected chi connectivity index (χ1v) is 14.8. The molecule has 0 aliphatic rings. The molecular weight excluding hydrogens is 581 g/mol. The Balaban J connectivity index is 2.02. The van der Waals surface area contributed by atoms with Gasteiger partial charge >= 0.3 is 0 Å². The van der Waals surface area contributed by atoms with Crippen LogP contribution < -0.4 is 5.32 Å². The molecule has 0 radical (unpaired) electrons. The van der Waals surface area contributed by atoms with E-state index in [1.165, 1.54) is 36.2 Å². The lowest BCUT2D eigenvalue weighted by Crippen LogP contribution is -2.54. The monoisotopic (exact) mass is 609 g/mol. The van der Waals surface area contributed by atoms with Crippen molar-refractivity contribution in [2.24, 2.45) is 0 Å². The van der Waals surface area contributed by atoms with Crippen LogP contribution in [-0.2, 0) is 32.6 Å². The molecule has 3 aromatic rings. The smallest absolute Gasteiger partial charge is 0.243 e. The van der Waals surface area contributed by atoms with Crippen LogP contribution in [0.1, 0.15) is 25.0 Å². The van der Waals surface area contributed by atoms with Gasteiger partial charge in [-0.2, -0.15) is 4.31 Å². The number of nitrogens with zero attached hydrogens (tertiary/aromatic N) is 2. The number of halogens is 3. The van der Waals surface area contributed by atoms with Gasteiger partial charge in [0.15, 0.2) is 0 Å². The molecule has 0 saturated heterocycles. The fourth-order valence-corrected chi connectivity index (χ4v) is 5.70. The van der Waals surface area contributed by atoms with Gasteiger partial charge in [-0.25, -0.2) is 8.42 Å². The van der Waals surface area contributed by atoms with Gasteiger partial charge in [-0.3, -0.25) is 9.59 Å². The molecule has 11 heteroatoms. The summed E-state index contributed by atoms with van der Waals surface area (Å²) in [4.78, 5) is 28.7. The third kappa shape index (κ3) is 8.19. The van der Waals surface area contributed by atoms with Crippen LogP contribution in [0.2, 0.25) is 15.1 Å². The van der Waals surface area contributed by atoms with Crippen molar-refractivity contribution in [2.75, 3.05) is 13.6 Å². The fourth-order valence-electron chi connectivity index (χ4n) is 3.94. The maximum absolute atomic E-state index is 13.9. The van der Waals surface area contributed by atoms with E-state index in [2.05, 4.69) is 5.32 Å². The lowest BCUT2D eigenvalue weighted by Gasteiger charge is -2.33. The number of carbonyl (C=O) groups excluding carboxylic acids is 2. The average molecular weight is 611 g/mol. The molecule has 3 rings (SSSR count). The van der Waals surface area contributed by atoms with E-state index in [-0.39, 0.29) is 29.8 Å². The van der Waals surface area contributed by atoms with Gasteiger partial charge < -0.3 is 10.2 Å². The molecule has 0 saturated carbocycles. The highest BCUT2D eigenvalue weighted by molar-refractivity contribution is 7.89. The number of carbonyl (C=O) groups is 2. The molecule has 0 bridgehead atoms. The molecule has 0 aromatic heterocycles. The first-order valence-electron chi connectivity index (χ1n) is 12.2. The highest BCUT2D eigenvalue weighted by Gasteiger charge is 2.34. The van der Waals surface area contributed by atoms with E-state index in [1.54, 1.807) is 18.2 Å². The summed E-state index contributed by atoms with van der Waals surface area (Å²) in [6.45, 7) is 3.02. The summed E-state index contributed by atoms with van der Waals surface area (Å²) in [7, 11) is -2.71. The number of hydrogen-bond acceptors (Lipinski definition) is 4. The largest absolute Gasteiger partial charge is 0.352 e. The van der Waals surface area contributed by atoms with Crippen LogP contribution in [-0.4, -0.2) is 55.1 Å². The molecule has 0 unspecified atom stereocenters. The second-order valence-electron chi connectivity index (χ2n) is 9.31. The zero-order chi connectivity index (χ0) is 28.7. The third-order valence-electron chi connectivity index (χ3n) is 5.97. The number of sulfonamides is 1. The van der Waals surface area contributed by atoms with Gasteiger partial charge in [0.2, 0.25) is 21.8 Å². The lowest BCUT2D eigenvalue weighted by molar-refractivity contribution is -0.141. The second kappa shape index (κ2) is 13.6. The minimum Gasteiger partial charge on any atom is -0.352 e. The molecule has 1 atom stereocenters. The van der Waals surface area contributed by atoms with E-state index in [1.807, 2.05) is 44.2 Å². The van der Waals surface area contributed by atoms with Gasteiger partial charge in [0.25, 0.3) is 0 Å². The minimum absolute atomic E-state index is 0.0127. The van der Waals surface area contributed by atoms with Gasteiger partial charge in [-0.05, 0) is 55.8 Å². The Morgan fingerprint density at radius 2 is 1.46 bits per heavy atom. The van der Waals surface area contributed by atoms with Crippen molar-refractivity contribution >= 4 is 56.6 Å². The van der Waals surface area contributed by atoms with Crippen molar-refractivity contribution in [3.63, 3.8) is 0 Å². The van der Waals surface area contributed by atoms with Crippen molar-refractivity contribution < 1.29 is 18.0 Å². The maximum atomic E-state index is 13.9. The summed E-state index contributed by atoms with van der Waals surface area (Å²) in [5, 5.41) is 3.92. The summed E-state index contributed by atoms with van der Waals surface area (Å²) in [6.07, 6.45) is 0.195. The second-order valence-corrected chi connectivity index (χ2v) is 12.6. The summed E-state index contributed by atoms with van der Waals surface area (Å²) in [5.41, 5.74) is 1.28. The summed E-state index contributed by atoms with van der Waals surface area (Å²) < 4.78 is 27.3. The molecule has 2 amide bonds. The van der Waals surface area contributed by atoms with Gasteiger partial charge in [-0.1, -0.05) is 71.2 Å². The topological polar surface area (TPSA) is 86.8 Å². The Morgan fingerprint density at radius 3 is 2.03 bits per heavy atom. The molecule has 0 aliphatic carbocycles. The first kappa shape index (κ1) is 30.9. The summed E-state index contributed by atoms with van der Waals surface area (Å²) in [6, 6.07) is 18.7. The molecule has 1 N–H and O–H groups in total. The average Bonchev–Trinajstić information content (AvgIpc) is 2.88. The van der Waals surface area contributed by atoms with Crippen molar-refractivity contribution in [1.82, 2.24) is 14.5 Å². The summed E-state index contributed by atoms with van der Waals surface area (Å²) in [5.74, 6) is -0.973. The van der Waals surface area contributed by atoms with E-state index in [9.17, 15) is 18.0 Å². The minimum atomic E-state index is -4.02. The van der Waals surface area contributed by atoms with E-state index < -0.39 is 28.5 Å². The van der Waals surface area contributed by atoms with Crippen LogP contribution in [0.5, 0.6) is 0 Å². The zero-order valence-electron chi connectivity index (χ0n) is 21.8. The van der Waals surface area contributed by atoms with Crippen molar-refractivity contribution in [2.45, 2.75) is 43.8 Å². The highest BCUT2D eigenvalue weighted by Crippen LogP contribution is 2.27. The Labute approximate surface area is 244 Å². The SMILES string of the molecule is CC(C)NC(=O)[C@@H](Cc1ccccc1)N(Cc1c(Cl)cccc1Cl)C(=O)CN(C)S(=O)(=O)c1ccc(Cl)cc1. The molecule has 208 valence electrons. The van der Waals surface area contributed by atoms with Gasteiger partial charge in [0.05, 0.1) is 11.4 Å². The lowest BCUT2D eigenvalue weighted by atomic mass is 10.0. The van der Waals surface area contributed by atoms with E-state index in [0.717, 1.165) is 9.87 Å². The molecular formula is C28H30Cl3N3O4S. The molecule has 0 fully saturated rings. The Kier molecular flexibility index (Phi) is 10.8. The first-order chi connectivity index (χ1) is 18.4. The van der Waals surface area contributed by atoms with Crippen LogP contribution in [0.3, 0.4) is 0 Å². The Bertz CT molecular complexity index is 1380. The van der Waals surface area contributed by atoms with Crippen molar-refractivity contribution in [3.8, 4) is 0 Å². The Morgan fingerprint density at radius 1 is 0.872 bits per heavy atom. The van der Waals surface area contributed by atoms with Crippen LogP contribution in [0, 0.1) is 0 Å². The van der Waals surface area contributed by atoms with Gasteiger partial charge in [0, 0.05) is 46.7 Å². The van der Waals surface area contributed by atoms with Crippen molar-refractivity contribution in [1.29, 1.82) is 0 Å². The maximum Gasteiger partial charge on any atom is 0.243 e. The number of likely N-dealkylation sites (N-methyl/N-ethyl adjacent to an activating group) is 1. The molecule has 0 heterocycles. The molecule has 3 aromatic carbocycles. The zero-order valence-corrected chi connectivity index (χ0v) is 24.9. The van der Waals surface area contributed by atoms with Crippen LogP contribution in [0.4, 0.5) is 0 Å². The quantitative estimate of drug-likeness (QED) is 0.314. The number of hydrogen-bond donors (Lipinski definition) is 1. The number of benzene rings is 3. The van der Waals surface area contributed by atoms with E-state index >= 15 is 0 Å². The standard InChI is InChI=1S/C28H30Cl3N3O4S/c1-19(2)32-28(36)26(16-20-8-5-4-6-9-20)34(17-23-24(30)10-7-11-25(23)31)27(35)18-33(3)39(37,38)22-14-12-21(29)13-15-22/h4-15,19,26H,16-18H2,1-3H3,(H,32,36)/t26-/m1/s1. The molecule has 0 aliphatic heterocycles. The molecule has 39 heavy (non-hydrogen) atoms. The highest BCUT2D eigenvalue weighted by atomic mass is 35.5. The van der Waals surface area contributed by atoms with Crippen LogP contribution in [0.25, 0.3) is 0 Å².